The van der Waals surface area contributed by atoms with Crippen LogP contribution in [0.25, 0.3) is 10.9 Å². The number of anilines is 1. The van der Waals surface area contributed by atoms with Crippen LogP contribution in [0.2, 0.25) is 0 Å². The number of carbonyl (C=O) groups is 1. The standard InChI is InChI=1S/C21H24FN5O/c1-27-10-6-5-9-18(27)20(14-7-3-2-4-8-14)25-21(28)24-16-11-15-13-23-26-19(15)17(22)12-16/h2-4,7-8,11-13,18,20H,5-6,9-10H2,1H3,(H,23,26)(H2,24,25,28)/t18-,20-/m0/s1. The van der Waals surface area contributed by atoms with Crippen LogP contribution in [-0.2, 0) is 0 Å². The van der Waals surface area contributed by atoms with E-state index in [0.29, 0.717) is 16.6 Å². The lowest BCUT2D eigenvalue weighted by molar-refractivity contribution is 0.147. The highest BCUT2D eigenvalue weighted by atomic mass is 19.1. The maximum Gasteiger partial charge on any atom is 0.319 e. The lowest BCUT2D eigenvalue weighted by atomic mass is 9.91. The zero-order chi connectivity index (χ0) is 19.5. The molecule has 1 aromatic heterocycles. The molecule has 28 heavy (non-hydrogen) atoms. The summed E-state index contributed by atoms with van der Waals surface area (Å²) in [4.78, 5) is 15.0. The highest BCUT2D eigenvalue weighted by molar-refractivity contribution is 5.93. The summed E-state index contributed by atoms with van der Waals surface area (Å²) in [5, 5.41) is 12.9. The number of halogens is 1. The van der Waals surface area contributed by atoms with E-state index in [4.69, 9.17) is 0 Å². The van der Waals surface area contributed by atoms with E-state index in [2.05, 4.69) is 32.8 Å². The van der Waals surface area contributed by atoms with Crippen molar-refractivity contribution in [2.24, 2.45) is 0 Å². The number of nitrogens with one attached hydrogen (secondary N) is 3. The molecule has 4 rings (SSSR count). The van der Waals surface area contributed by atoms with Crippen LogP contribution >= 0.6 is 0 Å². The van der Waals surface area contributed by atoms with Gasteiger partial charge in [-0.05, 0) is 44.1 Å². The topological polar surface area (TPSA) is 73.1 Å². The number of aromatic nitrogens is 2. The number of likely N-dealkylation sites (tertiary alicyclic amines) is 1. The quantitative estimate of drug-likeness (QED) is 0.638. The number of H-pyrrole nitrogens is 1. The van der Waals surface area contributed by atoms with Gasteiger partial charge in [0.25, 0.3) is 0 Å². The molecule has 6 nitrogen and oxygen atoms in total. The second-order valence-electron chi connectivity index (χ2n) is 7.32. The third-order valence-corrected chi connectivity index (χ3v) is 5.42. The molecule has 2 amide bonds. The second-order valence-corrected chi connectivity index (χ2v) is 7.32. The molecule has 1 fully saturated rings. The molecule has 2 atom stereocenters. The summed E-state index contributed by atoms with van der Waals surface area (Å²) < 4.78 is 14.2. The van der Waals surface area contributed by atoms with E-state index in [-0.39, 0.29) is 18.1 Å². The van der Waals surface area contributed by atoms with Gasteiger partial charge in [-0.2, -0.15) is 5.10 Å². The minimum Gasteiger partial charge on any atom is -0.329 e. The Labute approximate surface area is 163 Å². The monoisotopic (exact) mass is 381 g/mol. The fourth-order valence-corrected chi connectivity index (χ4v) is 3.98. The van der Waals surface area contributed by atoms with Crippen molar-refractivity contribution in [2.75, 3.05) is 18.9 Å². The van der Waals surface area contributed by atoms with Crippen LogP contribution in [0.5, 0.6) is 0 Å². The molecule has 1 saturated heterocycles. The van der Waals surface area contributed by atoms with E-state index in [9.17, 15) is 9.18 Å². The lowest BCUT2D eigenvalue weighted by Crippen LogP contribution is -2.48. The zero-order valence-corrected chi connectivity index (χ0v) is 15.8. The molecular formula is C21H24FN5O. The van der Waals surface area contributed by atoms with Crippen molar-refractivity contribution in [3.8, 4) is 0 Å². The van der Waals surface area contributed by atoms with Gasteiger partial charge >= 0.3 is 6.03 Å². The number of benzene rings is 2. The number of amides is 2. The molecule has 2 heterocycles. The molecule has 1 aliphatic heterocycles. The van der Waals surface area contributed by atoms with Crippen LogP contribution in [0.15, 0.2) is 48.7 Å². The first-order valence-corrected chi connectivity index (χ1v) is 9.57. The third-order valence-electron chi connectivity index (χ3n) is 5.42. The molecule has 146 valence electrons. The summed E-state index contributed by atoms with van der Waals surface area (Å²) >= 11 is 0. The van der Waals surface area contributed by atoms with Crippen LogP contribution in [0.1, 0.15) is 30.9 Å². The molecule has 3 aromatic rings. The van der Waals surface area contributed by atoms with Crippen molar-refractivity contribution in [3.05, 3.63) is 60.0 Å². The van der Waals surface area contributed by atoms with Gasteiger partial charge in [-0.3, -0.25) is 5.10 Å². The predicted molar refractivity (Wildman–Crippen MR) is 108 cm³/mol. The average Bonchev–Trinajstić information content (AvgIpc) is 3.17. The maximum atomic E-state index is 14.2. The SMILES string of the molecule is CN1CCCC[C@H]1[C@@H](NC(=O)Nc1cc(F)c2[nH]ncc2c1)c1ccccc1. The smallest absolute Gasteiger partial charge is 0.319 e. The first kappa shape index (κ1) is 18.4. The van der Waals surface area contributed by atoms with Gasteiger partial charge in [-0.25, -0.2) is 9.18 Å². The Kier molecular flexibility index (Phi) is 5.25. The van der Waals surface area contributed by atoms with Crippen LogP contribution in [0.3, 0.4) is 0 Å². The number of carbonyl (C=O) groups excluding carboxylic acids is 1. The normalized spacial score (nSPS) is 18.7. The van der Waals surface area contributed by atoms with E-state index in [1.165, 1.54) is 18.7 Å². The Morgan fingerprint density at radius 2 is 2.11 bits per heavy atom. The minimum absolute atomic E-state index is 0.144. The first-order valence-electron chi connectivity index (χ1n) is 9.57. The van der Waals surface area contributed by atoms with Crippen molar-refractivity contribution in [1.82, 2.24) is 20.4 Å². The fraction of sp³-hybridized carbons (Fsp3) is 0.333. The number of piperidine rings is 1. The van der Waals surface area contributed by atoms with Crippen LogP contribution in [0.4, 0.5) is 14.9 Å². The molecule has 2 aromatic carbocycles. The van der Waals surface area contributed by atoms with Crippen molar-refractivity contribution in [2.45, 2.75) is 31.3 Å². The molecule has 0 unspecified atom stereocenters. The van der Waals surface area contributed by atoms with E-state index < -0.39 is 5.82 Å². The van der Waals surface area contributed by atoms with E-state index in [1.807, 2.05) is 30.3 Å². The molecule has 7 heteroatoms. The first-order chi connectivity index (χ1) is 13.6. The molecule has 0 radical (unpaired) electrons. The summed E-state index contributed by atoms with van der Waals surface area (Å²) in [5.41, 5.74) is 1.79. The van der Waals surface area contributed by atoms with Gasteiger partial charge in [0, 0.05) is 17.1 Å². The second kappa shape index (κ2) is 7.98. The van der Waals surface area contributed by atoms with Gasteiger partial charge in [0.05, 0.1) is 12.2 Å². The van der Waals surface area contributed by atoms with Crippen LogP contribution in [-0.4, -0.2) is 40.8 Å². The summed E-state index contributed by atoms with van der Waals surface area (Å²) in [6.45, 7) is 1.01. The van der Waals surface area contributed by atoms with E-state index >= 15 is 0 Å². The minimum atomic E-state index is -0.447. The van der Waals surface area contributed by atoms with Crippen molar-refractivity contribution in [3.63, 3.8) is 0 Å². The molecule has 0 bridgehead atoms. The third kappa shape index (κ3) is 3.84. The molecule has 0 saturated carbocycles. The number of urea groups is 1. The van der Waals surface area contributed by atoms with Crippen molar-refractivity contribution in [1.29, 1.82) is 0 Å². The zero-order valence-electron chi connectivity index (χ0n) is 15.8. The van der Waals surface area contributed by atoms with E-state index in [1.54, 1.807) is 6.07 Å². The Balaban J connectivity index is 1.54. The number of hydrogen-bond donors (Lipinski definition) is 3. The number of aromatic amines is 1. The fourth-order valence-electron chi connectivity index (χ4n) is 3.98. The van der Waals surface area contributed by atoms with Gasteiger partial charge < -0.3 is 15.5 Å². The number of nitrogens with zero attached hydrogens (tertiary/aromatic N) is 2. The lowest BCUT2D eigenvalue weighted by Gasteiger charge is -2.38. The summed E-state index contributed by atoms with van der Waals surface area (Å²) in [6.07, 6.45) is 4.87. The van der Waals surface area contributed by atoms with Crippen molar-refractivity contribution >= 4 is 22.6 Å². The summed E-state index contributed by atoms with van der Waals surface area (Å²) in [6, 6.07) is 12.7. The van der Waals surface area contributed by atoms with Crippen molar-refractivity contribution < 1.29 is 9.18 Å². The molecule has 1 aliphatic rings. The molecule has 0 aliphatic carbocycles. The van der Waals surface area contributed by atoms with E-state index in [0.717, 1.165) is 24.9 Å². The molecular weight excluding hydrogens is 357 g/mol. The summed E-state index contributed by atoms with van der Waals surface area (Å²) in [5.74, 6) is -0.447. The maximum absolute atomic E-state index is 14.2. The number of hydrogen-bond acceptors (Lipinski definition) is 3. The Morgan fingerprint density at radius 1 is 1.29 bits per heavy atom. The van der Waals surface area contributed by atoms with Crippen LogP contribution < -0.4 is 10.6 Å². The van der Waals surface area contributed by atoms with Gasteiger partial charge in [0.1, 0.15) is 5.52 Å². The number of rotatable bonds is 4. The Hall–Kier alpha value is -2.93. The Morgan fingerprint density at radius 3 is 2.89 bits per heavy atom. The molecule has 3 N–H and O–H groups in total. The average molecular weight is 381 g/mol. The van der Waals surface area contributed by atoms with Crippen LogP contribution in [0, 0.1) is 5.82 Å². The number of fused-ring (bicyclic) bond motifs is 1. The van der Waals surface area contributed by atoms with Gasteiger partial charge in [0.2, 0.25) is 0 Å². The summed E-state index contributed by atoms with van der Waals surface area (Å²) in [7, 11) is 2.10. The highest BCUT2D eigenvalue weighted by Gasteiger charge is 2.30. The van der Waals surface area contributed by atoms with Gasteiger partial charge in [-0.15, -0.1) is 0 Å². The molecule has 0 spiro atoms. The Bertz CT molecular complexity index is 958. The number of likely N-dealkylation sites (N-methyl/N-ethyl adjacent to an activating group) is 1. The highest BCUT2D eigenvalue weighted by Crippen LogP contribution is 2.28. The van der Waals surface area contributed by atoms with Gasteiger partial charge in [0.15, 0.2) is 5.82 Å². The van der Waals surface area contributed by atoms with Gasteiger partial charge in [-0.1, -0.05) is 36.8 Å². The largest absolute Gasteiger partial charge is 0.329 e. The predicted octanol–water partition coefficient (Wildman–Crippen LogP) is 4.05.